The highest BCUT2D eigenvalue weighted by Gasteiger charge is 2.31. The lowest BCUT2D eigenvalue weighted by molar-refractivity contribution is 1.70. The van der Waals surface area contributed by atoms with E-state index < -0.39 is 7.41 Å². The van der Waals surface area contributed by atoms with Crippen LogP contribution in [-0.2, 0) is 0 Å². The van der Waals surface area contributed by atoms with E-state index in [1.54, 1.807) is 0 Å². The van der Waals surface area contributed by atoms with E-state index in [4.69, 9.17) is 5.50 Å². The van der Waals surface area contributed by atoms with Gasteiger partial charge in [-0.05, 0) is 24.3 Å². The van der Waals surface area contributed by atoms with E-state index >= 15 is 0 Å². The molecule has 76 valence electrons. The number of hydrogen-bond donors (Lipinski definition) is 1. The highest BCUT2D eigenvalue weighted by molar-refractivity contribution is 7.86. The van der Waals surface area contributed by atoms with Gasteiger partial charge in [-0.25, -0.2) is 0 Å². The molecule has 15 heavy (non-hydrogen) atoms. The summed E-state index contributed by atoms with van der Waals surface area (Å²) in [5.41, 5.74) is 6.47. The molecular weight excluding hydrogens is 201 g/mol. The summed E-state index contributed by atoms with van der Waals surface area (Å²) >= 11 is 0. The Balaban J connectivity index is 2.44. The standard InChI is InChI=1S/C13H15NP/c1-15(14,12-8-4-2-5-9-12)13-10-6-3-7-11-13/h2-11H,14H2,1H3/q+1. The average Bonchev–Trinajstić information content (AvgIpc) is 2.31. The maximum atomic E-state index is 6.47. The van der Waals surface area contributed by atoms with Crippen LogP contribution in [0.2, 0.25) is 0 Å². The lowest BCUT2D eigenvalue weighted by Crippen LogP contribution is -2.27. The van der Waals surface area contributed by atoms with Crippen molar-refractivity contribution in [2.24, 2.45) is 5.50 Å². The molecule has 2 rings (SSSR count). The first-order chi connectivity index (χ1) is 7.21. The molecule has 2 N–H and O–H groups in total. The van der Waals surface area contributed by atoms with Crippen LogP contribution >= 0.6 is 7.41 Å². The first kappa shape index (κ1) is 10.4. The van der Waals surface area contributed by atoms with E-state index in [2.05, 4.69) is 30.9 Å². The molecule has 2 aromatic carbocycles. The van der Waals surface area contributed by atoms with Crippen molar-refractivity contribution in [3.05, 3.63) is 60.7 Å². The molecule has 0 amide bonds. The van der Waals surface area contributed by atoms with Crippen molar-refractivity contribution in [1.29, 1.82) is 0 Å². The Morgan fingerprint density at radius 3 is 1.40 bits per heavy atom. The molecule has 0 aliphatic rings. The Hall–Kier alpha value is -1.17. The second kappa shape index (κ2) is 4.14. The molecule has 0 radical (unpaired) electrons. The minimum atomic E-state index is -1.65. The zero-order chi connectivity index (χ0) is 10.7. The second-order valence-electron chi connectivity index (χ2n) is 3.75. The summed E-state index contributed by atoms with van der Waals surface area (Å²) in [4.78, 5) is 0. The molecule has 0 heterocycles. The zero-order valence-electron chi connectivity index (χ0n) is 8.80. The van der Waals surface area contributed by atoms with Gasteiger partial charge in [0.15, 0.2) is 0 Å². The van der Waals surface area contributed by atoms with Crippen molar-refractivity contribution >= 4 is 18.0 Å². The van der Waals surface area contributed by atoms with E-state index in [-0.39, 0.29) is 0 Å². The third-order valence-corrected chi connectivity index (χ3v) is 5.33. The number of rotatable bonds is 2. The SMILES string of the molecule is C[P+](N)(c1ccccc1)c1ccccc1. The van der Waals surface area contributed by atoms with Crippen LogP contribution in [0.4, 0.5) is 0 Å². The van der Waals surface area contributed by atoms with Gasteiger partial charge in [0, 0.05) is 0 Å². The van der Waals surface area contributed by atoms with Crippen molar-refractivity contribution in [1.82, 2.24) is 0 Å². The highest BCUT2D eigenvalue weighted by Crippen LogP contribution is 2.43. The first-order valence-corrected chi connectivity index (χ1v) is 7.28. The predicted molar refractivity (Wildman–Crippen MR) is 69.2 cm³/mol. The van der Waals surface area contributed by atoms with E-state index in [0.717, 1.165) is 0 Å². The van der Waals surface area contributed by atoms with E-state index in [0.29, 0.717) is 0 Å². The van der Waals surface area contributed by atoms with E-state index in [1.807, 2.05) is 36.4 Å². The van der Waals surface area contributed by atoms with Crippen LogP contribution in [0.3, 0.4) is 0 Å². The summed E-state index contributed by atoms with van der Waals surface area (Å²) in [5, 5.41) is 2.49. The number of benzene rings is 2. The molecule has 0 bridgehead atoms. The van der Waals surface area contributed by atoms with Crippen LogP contribution in [0.25, 0.3) is 0 Å². The lowest BCUT2D eigenvalue weighted by atomic mass is 10.4. The molecule has 1 nitrogen and oxygen atoms in total. The van der Waals surface area contributed by atoms with Crippen LogP contribution in [0.5, 0.6) is 0 Å². The van der Waals surface area contributed by atoms with Crippen molar-refractivity contribution in [2.45, 2.75) is 0 Å². The maximum absolute atomic E-state index is 6.47. The fraction of sp³-hybridized carbons (Fsp3) is 0.0769. The minimum Gasteiger partial charge on any atom is -0.196 e. The van der Waals surface area contributed by atoms with Crippen LogP contribution in [-0.4, -0.2) is 6.66 Å². The fourth-order valence-corrected chi connectivity index (χ4v) is 3.51. The van der Waals surface area contributed by atoms with Gasteiger partial charge in [0.1, 0.15) is 18.0 Å². The van der Waals surface area contributed by atoms with Crippen LogP contribution < -0.4 is 16.1 Å². The normalized spacial score (nSPS) is 11.3. The molecule has 0 aliphatic carbocycles. The predicted octanol–water partition coefficient (Wildman–Crippen LogP) is 2.16. The summed E-state index contributed by atoms with van der Waals surface area (Å²) in [6.07, 6.45) is 0. The summed E-state index contributed by atoms with van der Waals surface area (Å²) in [6.45, 7) is 2.15. The molecule has 0 fully saturated rings. The fourth-order valence-electron chi connectivity index (χ4n) is 1.62. The summed E-state index contributed by atoms with van der Waals surface area (Å²) in [6, 6.07) is 20.7. The lowest BCUT2D eigenvalue weighted by Gasteiger charge is -2.16. The van der Waals surface area contributed by atoms with Crippen LogP contribution in [0.1, 0.15) is 0 Å². The Bertz CT molecular complexity index is 381. The molecule has 0 spiro atoms. The van der Waals surface area contributed by atoms with Gasteiger partial charge in [-0.3, -0.25) is 0 Å². The Kier molecular flexibility index (Phi) is 2.86. The Morgan fingerprint density at radius 2 is 1.07 bits per heavy atom. The van der Waals surface area contributed by atoms with Crippen molar-refractivity contribution < 1.29 is 0 Å². The first-order valence-electron chi connectivity index (χ1n) is 4.97. The van der Waals surface area contributed by atoms with E-state index in [9.17, 15) is 0 Å². The molecule has 2 aromatic rings. The van der Waals surface area contributed by atoms with Crippen molar-refractivity contribution in [2.75, 3.05) is 6.66 Å². The molecule has 2 heteroatoms. The molecule has 0 atom stereocenters. The van der Waals surface area contributed by atoms with Crippen LogP contribution in [0, 0.1) is 0 Å². The second-order valence-corrected chi connectivity index (χ2v) is 6.93. The van der Waals surface area contributed by atoms with Gasteiger partial charge in [0.2, 0.25) is 0 Å². The topological polar surface area (TPSA) is 26.0 Å². The molecule has 0 aliphatic heterocycles. The van der Waals surface area contributed by atoms with Gasteiger partial charge >= 0.3 is 0 Å². The average molecular weight is 216 g/mol. The summed E-state index contributed by atoms with van der Waals surface area (Å²) in [5.74, 6) is 0. The Labute approximate surface area is 91.3 Å². The maximum Gasteiger partial charge on any atom is 0.139 e. The zero-order valence-corrected chi connectivity index (χ0v) is 9.69. The molecule has 0 saturated heterocycles. The van der Waals surface area contributed by atoms with Gasteiger partial charge in [0.05, 0.1) is 6.66 Å². The van der Waals surface area contributed by atoms with Gasteiger partial charge < -0.3 is 0 Å². The van der Waals surface area contributed by atoms with Crippen molar-refractivity contribution in [3.8, 4) is 0 Å². The van der Waals surface area contributed by atoms with Crippen molar-refractivity contribution in [3.63, 3.8) is 0 Å². The minimum absolute atomic E-state index is 1.25. The number of hydrogen-bond acceptors (Lipinski definition) is 1. The van der Waals surface area contributed by atoms with Gasteiger partial charge in [0.25, 0.3) is 0 Å². The van der Waals surface area contributed by atoms with E-state index in [1.165, 1.54) is 10.6 Å². The Morgan fingerprint density at radius 1 is 0.733 bits per heavy atom. The van der Waals surface area contributed by atoms with Crippen LogP contribution in [0.15, 0.2) is 60.7 Å². The van der Waals surface area contributed by atoms with Gasteiger partial charge in [-0.15, -0.1) is 0 Å². The third-order valence-electron chi connectivity index (χ3n) is 2.59. The molecule has 0 unspecified atom stereocenters. The molecule has 0 saturated carbocycles. The third kappa shape index (κ3) is 2.09. The molecular formula is C13H15NP+. The van der Waals surface area contributed by atoms with Gasteiger partial charge in [-0.1, -0.05) is 36.4 Å². The highest BCUT2D eigenvalue weighted by atomic mass is 31.2. The largest absolute Gasteiger partial charge is 0.196 e. The van der Waals surface area contributed by atoms with Gasteiger partial charge in [-0.2, -0.15) is 5.50 Å². The smallest absolute Gasteiger partial charge is 0.139 e. The summed E-state index contributed by atoms with van der Waals surface area (Å²) in [7, 11) is -1.65. The quantitative estimate of drug-likeness (QED) is 0.765. The molecule has 0 aromatic heterocycles. The monoisotopic (exact) mass is 216 g/mol. The number of nitrogens with two attached hydrogens (primary N) is 1. The summed E-state index contributed by atoms with van der Waals surface area (Å²) < 4.78 is 0.